The zero-order valence-corrected chi connectivity index (χ0v) is 17.5. The van der Waals surface area contributed by atoms with E-state index in [1.807, 2.05) is 0 Å². The van der Waals surface area contributed by atoms with Crippen LogP contribution >= 0.6 is 0 Å². The summed E-state index contributed by atoms with van der Waals surface area (Å²) < 4.78 is 10.8. The second-order valence-electron chi connectivity index (χ2n) is 8.52. The van der Waals surface area contributed by atoms with Gasteiger partial charge in [-0.1, -0.05) is 25.7 Å². The lowest BCUT2D eigenvalue weighted by Crippen LogP contribution is -2.16. The normalized spacial score (nSPS) is 15.2. The number of benzene rings is 2. The lowest BCUT2D eigenvalue weighted by molar-refractivity contribution is -0.385. The maximum Gasteiger partial charge on any atom is 0.519 e. The minimum atomic E-state index is -0.979. The van der Waals surface area contributed by atoms with Gasteiger partial charge in [0.25, 0.3) is 11.4 Å². The van der Waals surface area contributed by atoms with Crippen LogP contribution in [0.3, 0.4) is 0 Å². The molecule has 9 heteroatoms. The Bertz CT molecular complexity index is 963. The van der Waals surface area contributed by atoms with Crippen LogP contribution in [0, 0.1) is 32.1 Å². The minimum Gasteiger partial charge on any atom is -0.394 e. The van der Waals surface area contributed by atoms with Crippen LogP contribution in [0.5, 0.6) is 11.5 Å². The molecule has 2 aliphatic carbocycles. The Labute approximate surface area is 184 Å². The standard InChI is InChI=1S/C23H24N2O7/c26-23(31-21-11-9-19(24(27)28)13-17(21)7-5-15-1-2-15)32-22-12-10-20(25(29)30)14-18(22)8-6-16-3-4-16/h9-16H,1-8H2. The highest BCUT2D eigenvalue weighted by Crippen LogP contribution is 2.37. The third kappa shape index (κ3) is 5.81. The van der Waals surface area contributed by atoms with Crippen molar-refractivity contribution in [2.75, 3.05) is 0 Å². The molecule has 0 spiro atoms. The number of carbonyl (C=O) groups is 1. The van der Waals surface area contributed by atoms with E-state index < -0.39 is 16.0 Å². The Morgan fingerprint density at radius 2 is 1.19 bits per heavy atom. The first-order chi connectivity index (χ1) is 15.4. The molecule has 0 heterocycles. The first-order valence-corrected chi connectivity index (χ1v) is 10.8. The van der Waals surface area contributed by atoms with Crippen molar-refractivity contribution in [1.82, 2.24) is 0 Å². The fourth-order valence-corrected chi connectivity index (χ4v) is 3.68. The fraction of sp³-hybridized carbons (Fsp3) is 0.435. The van der Waals surface area contributed by atoms with Crippen LogP contribution in [0.15, 0.2) is 36.4 Å². The number of nitro benzene ring substituents is 2. The van der Waals surface area contributed by atoms with Crippen molar-refractivity contribution in [3.63, 3.8) is 0 Å². The van der Waals surface area contributed by atoms with E-state index in [1.165, 1.54) is 36.4 Å². The highest BCUT2D eigenvalue weighted by Gasteiger charge is 2.25. The van der Waals surface area contributed by atoms with Gasteiger partial charge >= 0.3 is 6.16 Å². The molecule has 4 rings (SSSR count). The van der Waals surface area contributed by atoms with E-state index in [9.17, 15) is 25.0 Å². The number of carbonyl (C=O) groups excluding carboxylic acids is 1. The van der Waals surface area contributed by atoms with Crippen LogP contribution in [0.25, 0.3) is 0 Å². The number of hydrogen-bond donors (Lipinski definition) is 0. The molecular formula is C23H24N2O7. The summed E-state index contributed by atoms with van der Waals surface area (Å²) in [6, 6.07) is 8.25. The van der Waals surface area contributed by atoms with Gasteiger partial charge in [-0.3, -0.25) is 20.2 Å². The summed E-state index contributed by atoms with van der Waals surface area (Å²) in [5.74, 6) is 1.68. The quantitative estimate of drug-likeness (QED) is 0.199. The van der Waals surface area contributed by atoms with Crippen molar-refractivity contribution in [2.45, 2.75) is 51.4 Å². The molecule has 2 aromatic carbocycles. The zero-order chi connectivity index (χ0) is 22.7. The molecule has 0 amide bonds. The first-order valence-electron chi connectivity index (χ1n) is 10.8. The molecule has 0 bridgehead atoms. The molecule has 2 aromatic rings. The van der Waals surface area contributed by atoms with E-state index in [2.05, 4.69) is 0 Å². The Hall–Kier alpha value is -3.49. The van der Waals surface area contributed by atoms with Gasteiger partial charge in [0.1, 0.15) is 11.5 Å². The highest BCUT2D eigenvalue weighted by molar-refractivity contribution is 5.69. The summed E-state index contributed by atoms with van der Waals surface area (Å²) in [5, 5.41) is 22.3. The smallest absolute Gasteiger partial charge is 0.394 e. The summed E-state index contributed by atoms with van der Waals surface area (Å²) in [6.07, 6.45) is 6.51. The van der Waals surface area contributed by atoms with Gasteiger partial charge in [-0.25, -0.2) is 4.79 Å². The average Bonchev–Trinajstić information content (AvgIpc) is 3.67. The molecule has 32 heavy (non-hydrogen) atoms. The predicted molar refractivity (Wildman–Crippen MR) is 115 cm³/mol. The van der Waals surface area contributed by atoms with E-state index in [-0.39, 0.29) is 22.9 Å². The Kier molecular flexibility index (Phi) is 6.34. The summed E-state index contributed by atoms with van der Waals surface area (Å²) >= 11 is 0. The van der Waals surface area contributed by atoms with Crippen molar-refractivity contribution in [3.05, 3.63) is 67.8 Å². The maximum absolute atomic E-state index is 12.5. The summed E-state index contributed by atoms with van der Waals surface area (Å²) in [6.45, 7) is 0. The van der Waals surface area contributed by atoms with Gasteiger partial charge in [0, 0.05) is 35.4 Å². The molecule has 0 atom stereocenters. The topological polar surface area (TPSA) is 122 Å². The molecule has 0 aromatic heterocycles. The predicted octanol–water partition coefficient (Wildman–Crippen LogP) is 5.77. The number of nitro groups is 2. The van der Waals surface area contributed by atoms with E-state index in [4.69, 9.17) is 9.47 Å². The largest absolute Gasteiger partial charge is 0.519 e. The SMILES string of the molecule is O=C(Oc1ccc([N+](=O)[O-])cc1CCC1CC1)Oc1ccc([N+](=O)[O-])cc1CCC1CC1. The molecule has 0 N–H and O–H groups in total. The third-order valence-electron chi connectivity index (χ3n) is 5.93. The Balaban J connectivity index is 1.48. The highest BCUT2D eigenvalue weighted by atomic mass is 16.7. The lowest BCUT2D eigenvalue weighted by atomic mass is 10.1. The zero-order valence-electron chi connectivity index (χ0n) is 17.5. The molecule has 9 nitrogen and oxygen atoms in total. The lowest BCUT2D eigenvalue weighted by Gasteiger charge is -2.12. The number of aryl methyl sites for hydroxylation is 2. The molecule has 0 unspecified atom stereocenters. The van der Waals surface area contributed by atoms with E-state index in [0.29, 0.717) is 35.8 Å². The van der Waals surface area contributed by atoms with Crippen molar-refractivity contribution in [3.8, 4) is 11.5 Å². The van der Waals surface area contributed by atoms with Gasteiger partial charge in [0.05, 0.1) is 9.85 Å². The van der Waals surface area contributed by atoms with E-state index >= 15 is 0 Å². The van der Waals surface area contributed by atoms with Gasteiger partial charge in [-0.15, -0.1) is 0 Å². The van der Waals surface area contributed by atoms with Crippen LogP contribution < -0.4 is 9.47 Å². The Morgan fingerprint density at radius 1 is 0.781 bits per heavy atom. The monoisotopic (exact) mass is 440 g/mol. The van der Waals surface area contributed by atoms with Gasteiger partial charge in [-0.05, 0) is 49.7 Å². The number of ether oxygens (including phenoxy) is 2. The van der Waals surface area contributed by atoms with Crippen molar-refractivity contribution in [2.24, 2.45) is 11.8 Å². The Morgan fingerprint density at radius 3 is 1.53 bits per heavy atom. The van der Waals surface area contributed by atoms with Crippen LogP contribution in [0.2, 0.25) is 0 Å². The number of nitrogens with zero attached hydrogens (tertiary/aromatic N) is 2. The molecule has 0 aliphatic heterocycles. The van der Waals surface area contributed by atoms with Gasteiger partial charge < -0.3 is 9.47 Å². The summed E-state index contributed by atoms with van der Waals surface area (Å²) in [4.78, 5) is 33.8. The fourth-order valence-electron chi connectivity index (χ4n) is 3.68. The van der Waals surface area contributed by atoms with Gasteiger partial charge in [-0.2, -0.15) is 0 Å². The molecular weight excluding hydrogens is 416 g/mol. The van der Waals surface area contributed by atoms with E-state index in [1.54, 1.807) is 0 Å². The third-order valence-corrected chi connectivity index (χ3v) is 5.93. The van der Waals surface area contributed by atoms with Crippen LogP contribution in [0.1, 0.15) is 49.7 Å². The molecule has 168 valence electrons. The van der Waals surface area contributed by atoms with Crippen LogP contribution in [-0.2, 0) is 12.8 Å². The first kappa shape index (κ1) is 21.7. The summed E-state index contributed by atoms with van der Waals surface area (Å²) in [5.41, 5.74) is 1.05. The maximum atomic E-state index is 12.5. The van der Waals surface area contributed by atoms with Crippen LogP contribution in [-0.4, -0.2) is 16.0 Å². The van der Waals surface area contributed by atoms with Gasteiger partial charge in [0.15, 0.2) is 0 Å². The number of non-ortho nitro benzene ring substituents is 2. The van der Waals surface area contributed by atoms with Crippen molar-refractivity contribution >= 4 is 17.5 Å². The van der Waals surface area contributed by atoms with Crippen molar-refractivity contribution < 1.29 is 24.1 Å². The molecule has 2 fully saturated rings. The second kappa shape index (κ2) is 9.33. The molecule has 0 radical (unpaired) electrons. The summed E-state index contributed by atoms with van der Waals surface area (Å²) in [7, 11) is 0. The number of hydrogen-bond acceptors (Lipinski definition) is 7. The van der Waals surface area contributed by atoms with Crippen LogP contribution in [0.4, 0.5) is 16.2 Å². The minimum absolute atomic E-state index is 0.0609. The molecule has 2 saturated carbocycles. The number of rotatable bonds is 10. The molecule has 2 aliphatic rings. The second-order valence-corrected chi connectivity index (χ2v) is 8.52. The van der Waals surface area contributed by atoms with E-state index in [0.717, 1.165) is 38.5 Å². The molecule has 0 saturated heterocycles. The van der Waals surface area contributed by atoms with Crippen molar-refractivity contribution in [1.29, 1.82) is 0 Å². The van der Waals surface area contributed by atoms with Gasteiger partial charge in [0.2, 0.25) is 0 Å². The average molecular weight is 440 g/mol.